The van der Waals surface area contributed by atoms with Crippen molar-refractivity contribution in [2.45, 2.75) is 58.0 Å². The van der Waals surface area contributed by atoms with Crippen molar-refractivity contribution in [3.05, 3.63) is 35.9 Å². The third-order valence-corrected chi connectivity index (χ3v) is 4.36. The Labute approximate surface area is 124 Å². The normalized spacial score (nSPS) is 19.6. The molecule has 1 saturated heterocycles. The molecule has 1 aromatic carbocycles. The highest BCUT2D eigenvalue weighted by atomic mass is 15.2. The molecule has 0 radical (unpaired) electrons. The molecular formula is C18H30N2. The molecule has 20 heavy (non-hydrogen) atoms. The van der Waals surface area contributed by atoms with Crippen LogP contribution in [0.15, 0.2) is 30.3 Å². The minimum atomic E-state index is 0.861. The van der Waals surface area contributed by atoms with Gasteiger partial charge in [0, 0.05) is 12.6 Å². The maximum atomic E-state index is 3.57. The highest BCUT2D eigenvalue weighted by molar-refractivity contribution is 5.14. The molecule has 2 heteroatoms. The van der Waals surface area contributed by atoms with Gasteiger partial charge in [0.1, 0.15) is 0 Å². The zero-order chi connectivity index (χ0) is 14.0. The molecule has 0 saturated carbocycles. The molecule has 1 aliphatic heterocycles. The number of hydrogen-bond acceptors (Lipinski definition) is 2. The van der Waals surface area contributed by atoms with E-state index in [0.29, 0.717) is 0 Å². The van der Waals surface area contributed by atoms with Gasteiger partial charge in [-0.3, -0.25) is 0 Å². The van der Waals surface area contributed by atoms with Crippen LogP contribution in [0.1, 0.15) is 51.0 Å². The molecule has 1 N–H and O–H groups in total. The van der Waals surface area contributed by atoms with E-state index in [-0.39, 0.29) is 0 Å². The lowest BCUT2D eigenvalue weighted by atomic mass is 10.1. The van der Waals surface area contributed by atoms with Crippen LogP contribution >= 0.6 is 0 Å². The second-order valence-electron chi connectivity index (χ2n) is 5.99. The molecule has 1 heterocycles. The largest absolute Gasteiger partial charge is 0.313 e. The number of hydrogen-bond donors (Lipinski definition) is 1. The molecular weight excluding hydrogens is 244 g/mol. The van der Waals surface area contributed by atoms with Crippen molar-refractivity contribution in [1.82, 2.24) is 10.2 Å². The monoisotopic (exact) mass is 274 g/mol. The van der Waals surface area contributed by atoms with E-state index in [1.165, 1.54) is 57.2 Å². The predicted octanol–water partition coefficient (Wildman–Crippen LogP) is 3.82. The third kappa shape index (κ3) is 5.26. The Morgan fingerprint density at radius 2 is 2.05 bits per heavy atom. The average molecular weight is 274 g/mol. The smallest absolute Gasteiger partial charge is 0.0205 e. The van der Waals surface area contributed by atoms with Gasteiger partial charge in [-0.25, -0.2) is 0 Å². The Morgan fingerprint density at radius 3 is 2.85 bits per heavy atom. The number of nitrogens with one attached hydrogen (secondary N) is 1. The standard InChI is InChI=1S/C18H30N2/c1-2-3-14-20-15-8-12-18(20)11-7-13-19-16-17-9-5-4-6-10-17/h4-6,9-10,18-19H,2-3,7-8,11-16H2,1H3/t18-/m1/s1. The summed E-state index contributed by atoms with van der Waals surface area (Å²) in [6, 6.07) is 11.5. The van der Waals surface area contributed by atoms with Crippen LogP contribution in [0.3, 0.4) is 0 Å². The molecule has 2 nitrogen and oxygen atoms in total. The van der Waals surface area contributed by atoms with Crippen LogP contribution in [0.25, 0.3) is 0 Å². The van der Waals surface area contributed by atoms with Crippen molar-refractivity contribution in [3.8, 4) is 0 Å². The zero-order valence-corrected chi connectivity index (χ0v) is 13.0. The average Bonchev–Trinajstić information content (AvgIpc) is 2.93. The minimum absolute atomic E-state index is 0.861. The first-order valence-corrected chi connectivity index (χ1v) is 8.39. The van der Waals surface area contributed by atoms with Crippen molar-refractivity contribution >= 4 is 0 Å². The van der Waals surface area contributed by atoms with Crippen molar-refractivity contribution < 1.29 is 0 Å². The number of unbranched alkanes of at least 4 members (excludes halogenated alkanes) is 1. The molecule has 0 aliphatic carbocycles. The van der Waals surface area contributed by atoms with Gasteiger partial charge in [-0.2, -0.15) is 0 Å². The van der Waals surface area contributed by atoms with Crippen LogP contribution in [0.2, 0.25) is 0 Å². The number of benzene rings is 1. The van der Waals surface area contributed by atoms with Gasteiger partial charge in [0.15, 0.2) is 0 Å². The fraction of sp³-hybridized carbons (Fsp3) is 0.667. The third-order valence-electron chi connectivity index (χ3n) is 4.36. The number of rotatable bonds is 9. The van der Waals surface area contributed by atoms with E-state index in [1.54, 1.807) is 0 Å². The minimum Gasteiger partial charge on any atom is -0.313 e. The van der Waals surface area contributed by atoms with Gasteiger partial charge in [-0.15, -0.1) is 0 Å². The van der Waals surface area contributed by atoms with Crippen LogP contribution in [0.5, 0.6) is 0 Å². The molecule has 1 fully saturated rings. The summed E-state index contributed by atoms with van der Waals surface area (Å²) in [6.45, 7) is 7.09. The first-order valence-electron chi connectivity index (χ1n) is 8.39. The summed E-state index contributed by atoms with van der Waals surface area (Å²) in [5.41, 5.74) is 1.39. The maximum absolute atomic E-state index is 3.57. The summed E-state index contributed by atoms with van der Waals surface area (Å²) in [5.74, 6) is 0. The first-order chi connectivity index (χ1) is 9.90. The van der Waals surface area contributed by atoms with E-state index < -0.39 is 0 Å². The summed E-state index contributed by atoms with van der Waals surface area (Å²) < 4.78 is 0. The molecule has 0 amide bonds. The predicted molar refractivity (Wildman–Crippen MR) is 86.9 cm³/mol. The lowest BCUT2D eigenvalue weighted by Crippen LogP contribution is -2.31. The summed E-state index contributed by atoms with van der Waals surface area (Å²) in [4.78, 5) is 2.72. The van der Waals surface area contributed by atoms with Gasteiger partial charge in [-0.05, 0) is 57.3 Å². The Kier molecular flexibility index (Phi) is 7.10. The van der Waals surface area contributed by atoms with Gasteiger partial charge in [0.25, 0.3) is 0 Å². The fourth-order valence-corrected chi connectivity index (χ4v) is 3.17. The highest BCUT2D eigenvalue weighted by Gasteiger charge is 2.22. The molecule has 0 unspecified atom stereocenters. The number of likely N-dealkylation sites (tertiary alicyclic amines) is 1. The molecule has 0 spiro atoms. The van der Waals surface area contributed by atoms with Crippen LogP contribution in [-0.4, -0.2) is 30.6 Å². The van der Waals surface area contributed by atoms with Crippen LogP contribution < -0.4 is 5.32 Å². The Hall–Kier alpha value is -0.860. The van der Waals surface area contributed by atoms with Crippen molar-refractivity contribution in [2.75, 3.05) is 19.6 Å². The first kappa shape index (κ1) is 15.5. The van der Waals surface area contributed by atoms with Crippen LogP contribution in [0, 0.1) is 0 Å². The van der Waals surface area contributed by atoms with E-state index in [1.807, 2.05) is 0 Å². The quantitative estimate of drug-likeness (QED) is 0.689. The van der Waals surface area contributed by atoms with Crippen molar-refractivity contribution in [2.24, 2.45) is 0 Å². The topological polar surface area (TPSA) is 15.3 Å². The molecule has 1 aromatic rings. The summed E-state index contributed by atoms with van der Waals surface area (Å²) >= 11 is 0. The van der Waals surface area contributed by atoms with Crippen molar-refractivity contribution in [1.29, 1.82) is 0 Å². The van der Waals surface area contributed by atoms with E-state index >= 15 is 0 Å². The van der Waals surface area contributed by atoms with Gasteiger partial charge in [-0.1, -0.05) is 43.7 Å². The summed E-state index contributed by atoms with van der Waals surface area (Å²) in [5, 5.41) is 3.57. The second-order valence-corrected chi connectivity index (χ2v) is 5.99. The zero-order valence-electron chi connectivity index (χ0n) is 13.0. The van der Waals surface area contributed by atoms with Gasteiger partial charge < -0.3 is 10.2 Å². The fourth-order valence-electron chi connectivity index (χ4n) is 3.17. The Balaban J connectivity index is 1.56. The van der Waals surface area contributed by atoms with E-state index in [4.69, 9.17) is 0 Å². The lowest BCUT2D eigenvalue weighted by molar-refractivity contribution is 0.236. The molecule has 0 aromatic heterocycles. The maximum Gasteiger partial charge on any atom is 0.0205 e. The summed E-state index contributed by atoms with van der Waals surface area (Å²) in [7, 11) is 0. The number of nitrogens with zero attached hydrogens (tertiary/aromatic N) is 1. The molecule has 2 rings (SSSR count). The summed E-state index contributed by atoms with van der Waals surface area (Å²) in [6.07, 6.45) is 8.18. The van der Waals surface area contributed by atoms with Crippen LogP contribution in [-0.2, 0) is 6.54 Å². The van der Waals surface area contributed by atoms with E-state index in [0.717, 1.165) is 19.1 Å². The SMILES string of the molecule is CCCCN1CCC[C@H]1CCCNCc1ccccc1. The van der Waals surface area contributed by atoms with E-state index in [2.05, 4.69) is 47.5 Å². The van der Waals surface area contributed by atoms with Crippen LogP contribution in [0.4, 0.5) is 0 Å². The lowest BCUT2D eigenvalue weighted by Gasteiger charge is -2.24. The second kappa shape index (κ2) is 9.15. The van der Waals surface area contributed by atoms with E-state index in [9.17, 15) is 0 Å². The molecule has 1 atom stereocenters. The molecule has 1 aliphatic rings. The van der Waals surface area contributed by atoms with Gasteiger partial charge >= 0.3 is 0 Å². The molecule has 112 valence electrons. The molecule has 0 bridgehead atoms. The van der Waals surface area contributed by atoms with Gasteiger partial charge in [0.2, 0.25) is 0 Å². The van der Waals surface area contributed by atoms with Crippen molar-refractivity contribution in [3.63, 3.8) is 0 Å². The van der Waals surface area contributed by atoms with Gasteiger partial charge in [0.05, 0.1) is 0 Å². The Bertz CT molecular complexity index is 350. The highest BCUT2D eigenvalue weighted by Crippen LogP contribution is 2.21. The Morgan fingerprint density at radius 1 is 1.20 bits per heavy atom.